The summed E-state index contributed by atoms with van der Waals surface area (Å²) >= 11 is 0. The molecular weight excluding hydrogens is 398 g/mol. The molecule has 1 aromatic heterocycles. The molecule has 3 N–H and O–H groups in total. The van der Waals surface area contributed by atoms with E-state index in [9.17, 15) is 14.4 Å². The lowest BCUT2D eigenvalue weighted by molar-refractivity contribution is -0.114. The molecule has 3 rings (SSSR count). The Morgan fingerprint density at radius 2 is 1.65 bits per heavy atom. The molecule has 0 aliphatic rings. The topological polar surface area (TPSA) is 110 Å². The number of ether oxygens (including phenoxy) is 1. The van der Waals surface area contributed by atoms with Crippen LogP contribution >= 0.6 is 0 Å². The van der Waals surface area contributed by atoms with Crippen molar-refractivity contribution >= 4 is 34.8 Å². The van der Waals surface area contributed by atoms with Crippen molar-refractivity contribution in [3.63, 3.8) is 0 Å². The lowest BCUT2D eigenvalue weighted by atomic mass is 10.2. The lowest BCUT2D eigenvalue weighted by Gasteiger charge is -2.10. The minimum Gasteiger partial charge on any atom is -0.462 e. The highest BCUT2D eigenvalue weighted by Gasteiger charge is 2.10. The first kappa shape index (κ1) is 21.6. The van der Waals surface area contributed by atoms with Gasteiger partial charge in [0.25, 0.3) is 5.91 Å². The molecule has 2 amide bonds. The maximum Gasteiger partial charge on any atom is 0.338 e. The van der Waals surface area contributed by atoms with Crippen LogP contribution in [0, 0.1) is 0 Å². The van der Waals surface area contributed by atoms with Crippen molar-refractivity contribution in [3.8, 4) is 0 Å². The average Bonchev–Trinajstić information content (AvgIpc) is 3.32. The highest BCUT2D eigenvalue weighted by molar-refractivity contribution is 6.03. The maximum absolute atomic E-state index is 12.2. The zero-order valence-electron chi connectivity index (χ0n) is 17.0. The second-order valence-electron chi connectivity index (χ2n) is 6.63. The number of furan rings is 1. The summed E-state index contributed by atoms with van der Waals surface area (Å²) < 4.78 is 10.1. The summed E-state index contributed by atoms with van der Waals surface area (Å²) in [5, 5.41) is 8.46. The Kier molecular flexibility index (Phi) is 7.42. The highest BCUT2D eigenvalue weighted by atomic mass is 16.5. The van der Waals surface area contributed by atoms with Gasteiger partial charge in [0, 0.05) is 17.1 Å². The van der Waals surface area contributed by atoms with Crippen LogP contribution in [-0.4, -0.2) is 30.9 Å². The van der Waals surface area contributed by atoms with Crippen molar-refractivity contribution in [1.29, 1.82) is 0 Å². The maximum atomic E-state index is 12.2. The number of nitrogens with one attached hydrogen (secondary N) is 3. The van der Waals surface area contributed by atoms with Crippen LogP contribution in [0.2, 0.25) is 0 Å². The van der Waals surface area contributed by atoms with Gasteiger partial charge in [0.15, 0.2) is 5.76 Å². The molecule has 0 bridgehead atoms. The molecule has 1 heterocycles. The molecule has 0 aliphatic heterocycles. The van der Waals surface area contributed by atoms with Crippen molar-refractivity contribution in [2.45, 2.75) is 13.3 Å². The predicted molar refractivity (Wildman–Crippen MR) is 117 cm³/mol. The first-order chi connectivity index (χ1) is 15.0. The van der Waals surface area contributed by atoms with E-state index >= 15 is 0 Å². The Morgan fingerprint density at radius 1 is 0.903 bits per heavy atom. The Labute approximate surface area is 179 Å². The standard InChI is InChI=1S/C23H23N3O5/c1-2-12-31-23(29)16-8-10-17(11-9-16)24-15-21(27)25-18-5-3-6-19(14-18)26-22(28)20-7-4-13-30-20/h3-11,13-14,24H,2,12,15H2,1H3,(H,25,27)(H,26,28). The normalized spacial score (nSPS) is 10.2. The second-order valence-corrected chi connectivity index (χ2v) is 6.63. The number of rotatable bonds is 9. The van der Waals surface area contributed by atoms with Crippen molar-refractivity contribution in [2.75, 3.05) is 29.1 Å². The Hall–Kier alpha value is -4.07. The predicted octanol–water partition coefficient (Wildman–Crippen LogP) is 4.15. The lowest BCUT2D eigenvalue weighted by Crippen LogP contribution is -2.22. The molecule has 31 heavy (non-hydrogen) atoms. The van der Waals surface area contributed by atoms with Gasteiger partial charge >= 0.3 is 5.97 Å². The van der Waals surface area contributed by atoms with Gasteiger partial charge in [-0.15, -0.1) is 0 Å². The largest absolute Gasteiger partial charge is 0.462 e. The van der Waals surface area contributed by atoms with Crippen LogP contribution in [0.15, 0.2) is 71.3 Å². The molecule has 8 heteroatoms. The third kappa shape index (κ3) is 6.46. The highest BCUT2D eigenvalue weighted by Crippen LogP contribution is 2.17. The molecule has 8 nitrogen and oxygen atoms in total. The van der Waals surface area contributed by atoms with E-state index in [1.54, 1.807) is 60.7 Å². The van der Waals surface area contributed by atoms with Gasteiger partial charge in [0.2, 0.25) is 5.91 Å². The summed E-state index contributed by atoms with van der Waals surface area (Å²) in [7, 11) is 0. The molecule has 3 aromatic rings. The zero-order chi connectivity index (χ0) is 22.1. The first-order valence-electron chi connectivity index (χ1n) is 9.81. The number of hydrogen-bond acceptors (Lipinski definition) is 6. The first-order valence-corrected chi connectivity index (χ1v) is 9.81. The van der Waals surface area contributed by atoms with Gasteiger partial charge in [-0.25, -0.2) is 4.79 Å². The van der Waals surface area contributed by atoms with E-state index in [1.807, 2.05) is 6.92 Å². The van der Waals surface area contributed by atoms with Crippen molar-refractivity contribution in [3.05, 3.63) is 78.3 Å². The van der Waals surface area contributed by atoms with E-state index in [1.165, 1.54) is 6.26 Å². The summed E-state index contributed by atoms with van der Waals surface area (Å²) in [6.07, 6.45) is 2.18. The van der Waals surface area contributed by atoms with Gasteiger partial charge in [-0.2, -0.15) is 0 Å². The fourth-order valence-electron chi connectivity index (χ4n) is 2.66. The van der Waals surface area contributed by atoms with Crippen LogP contribution in [0.3, 0.4) is 0 Å². The number of esters is 1. The molecule has 0 spiro atoms. The molecular formula is C23H23N3O5. The molecule has 0 fully saturated rings. The summed E-state index contributed by atoms with van der Waals surface area (Å²) in [6, 6.07) is 16.7. The van der Waals surface area contributed by atoms with Crippen LogP contribution in [0.4, 0.5) is 17.1 Å². The monoisotopic (exact) mass is 421 g/mol. The molecule has 0 saturated carbocycles. The molecule has 0 atom stereocenters. The van der Waals surface area contributed by atoms with E-state index in [0.29, 0.717) is 29.2 Å². The van der Waals surface area contributed by atoms with Gasteiger partial charge < -0.3 is 25.1 Å². The fraction of sp³-hybridized carbons (Fsp3) is 0.174. The number of carbonyl (C=O) groups is 3. The Bertz CT molecular complexity index is 1030. The zero-order valence-corrected chi connectivity index (χ0v) is 17.0. The number of benzene rings is 2. The number of carbonyl (C=O) groups excluding carboxylic acids is 3. The summed E-state index contributed by atoms with van der Waals surface area (Å²) in [5.74, 6) is -0.813. The second kappa shape index (κ2) is 10.6. The summed E-state index contributed by atoms with van der Waals surface area (Å²) in [5.41, 5.74) is 2.22. The van der Waals surface area contributed by atoms with Crippen LogP contribution in [0.5, 0.6) is 0 Å². The van der Waals surface area contributed by atoms with Crippen molar-refractivity contribution in [2.24, 2.45) is 0 Å². The van der Waals surface area contributed by atoms with E-state index in [2.05, 4.69) is 16.0 Å². The van der Waals surface area contributed by atoms with Crippen molar-refractivity contribution < 1.29 is 23.5 Å². The molecule has 0 unspecified atom stereocenters. The quantitative estimate of drug-likeness (QED) is 0.448. The van der Waals surface area contributed by atoms with Crippen molar-refractivity contribution in [1.82, 2.24) is 0 Å². The van der Waals surface area contributed by atoms with E-state index in [0.717, 1.165) is 6.42 Å². The van der Waals surface area contributed by atoms with Crippen LogP contribution < -0.4 is 16.0 Å². The average molecular weight is 421 g/mol. The van der Waals surface area contributed by atoms with E-state index < -0.39 is 0 Å². The minimum absolute atomic E-state index is 0.0304. The number of amides is 2. The van der Waals surface area contributed by atoms with Gasteiger partial charge in [-0.3, -0.25) is 9.59 Å². The van der Waals surface area contributed by atoms with Gasteiger partial charge in [0.1, 0.15) is 0 Å². The summed E-state index contributed by atoms with van der Waals surface area (Å²) in [4.78, 5) is 36.1. The van der Waals surface area contributed by atoms with E-state index in [-0.39, 0.29) is 30.1 Å². The number of anilines is 3. The van der Waals surface area contributed by atoms with E-state index in [4.69, 9.17) is 9.15 Å². The third-order valence-corrected chi connectivity index (χ3v) is 4.16. The fourth-order valence-corrected chi connectivity index (χ4v) is 2.66. The smallest absolute Gasteiger partial charge is 0.338 e. The Balaban J connectivity index is 1.49. The molecule has 160 valence electrons. The van der Waals surface area contributed by atoms with Gasteiger partial charge in [0.05, 0.1) is 25.0 Å². The SMILES string of the molecule is CCCOC(=O)c1ccc(NCC(=O)Nc2cccc(NC(=O)c3ccco3)c2)cc1. The van der Waals surface area contributed by atoms with Crippen LogP contribution in [-0.2, 0) is 9.53 Å². The number of hydrogen-bond donors (Lipinski definition) is 3. The Morgan fingerprint density at radius 3 is 2.32 bits per heavy atom. The molecule has 0 radical (unpaired) electrons. The summed E-state index contributed by atoms with van der Waals surface area (Å²) in [6.45, 7) is 2.34. The third-order valence-electron chi connectivity index (χ3n) is 4.16. The van der Waals surface area contributed by atoms with Crippen LogP contribution in [0.25, 0.3) is 0 Å². The molecule has 0 saturated heterocycles. The van der Waals surface area contributed by atoms with Gasteiger partial charge in [-0.1, -0.05) is 13.0 Å². The molecule has 2 aromatic carbocycles. The van der Waals surface area contributed by atoms with Gasteiger partial charge in [-0.05, 0) is 61.0 Å². The minimum atomic E-state index is -0.378. The van der Waals surface area contributed by atoms with Crippen LogP contribution in [0.1, 0.15) is 34.3 Å². The molecule has 0 aliphatic carbocycles.